The van der Waals surface area contributed by atoms with Gasteiger partial charge in [-0.25, -0.2) is 0 Å². The van der Waals surface area contributed by atoms with E-state index in [2.05, 4.69) is 21.2 Å². The van der Waals surface area contributed by atoms with E-state index in [0.29, 0.717) is 0 Å². The van der Waals surface area contributed by atoms with E-state index in [1.165, 1.54) is 0 Å². The van der Waals surface area contributed by atoms with E-state index >= 15 is 0 Å². The Morgan fingerprint density at radius 3 is 2.77 bits per heavy atom. The maximum Gasteiger partial charge on any atom is 0.0661 e. The summed E-state index contributed by atoms with van der Waals surface area (Å²) in [5.41, 5.74) is 1.04. The molecule has 1 aromatic carbocycles. The number of aliphatic hydroxyl groups excluding tert-OH is 1. The average molecular weight is 242 g/mol. The zero-order chi connectivity index (χ0) is 9.31. The Hall–Kier alpha value is -0.540. The Bertz CT molecular complexity index is 310. The first-order chi connectivity index (χ1) is 6.24. The highest BCUT2D eigenvalue weighted by molar-refractivity contribution is 9.10. The van der Waals surface area contributed by atoms with E-state index in [0.717, 1.165) is 23.0 Å². The molecule has 2 nitrogen and oxygen atoms in total. The third-order valence-corrected chi connectivity index (χ3v) is 2.88. The van der Waals surface area contributed by atoms with Gasteiger partial charge in [0.25, 0.3) is 0 Å². The summed E-state index contributed by atoms with van der Waals surface area (Å²) in [7, 11) is 0. The molecule has 3 heteroatoms. The van der Waals surface area contributed by atoms with Crippen LogP contribution in [-0.4, -0.2) is 17.3 Å². The second-order valence-corrected chi connectivity index (χ2v) is 4.49. The van der Waals surface area contributed by atoms with Crippen LogP contribution in [0.25, 0.3) is 0 Å². The van der Waals surface area contributed by atoms with Crippen LogP contribution in [0.4, 0.5) is 5.69 Å². The van der Waals surface area contributed by atoms with E-state index in [9.17, 15) is 0 Å². The van der Waals surface area contributed by atoms with Crippen molar-refractivity contribution in [2.45, 2.75) is 18.4 Å². The largest absolute Gasteiger partial charge is 0.394 e. The molecule has 1 saturated carbocycles. The third kappa shape index (κ3) is 2.03. The average Bonchev–Trinajstić information content (AvgIpc) is 2.86. The van der Waals surface area contributed by atoms with Crippen molar-refractivity contribution in [1.82, 2.24) is 0 Å². The molecule has 0 spiro atoms. The van der Waals surface area contributed by atoms with Gasteiger partial charge >= 0.3 is 0 Å². The summed E-state index contributed by atoms with van der Waals surface area (Å²) < 4.78 is 1.06. The van der Waals surface area contributed by atoms with E-state index in [1.807, 2.05) is 24.3 Å². The lowest BCUT2D eigenvalue weighted by Gasteiger charge is -2.15. The lowest BCUT2D eigenvalue weighted by molar-refractivity contribution is 0.266. The number of nitrogens with one attached hydrogen (secondary N) is 1. The monoisotopic (exact) mass is 241 g/mol. The third-order valence-electron chi connectivity index (χ3n) is 2.39. The minimum absolute atomic E-state index is 0.0270. The quantitative estimate of drug-likeness (QED) is 0.852. The van der Waals surface area contributed by atoms with Crippen molar-refractivity contribution >= 4 is 21.6 Å². The smallest absolute Gasteiger partial charge is 0.0661 e. The summed E-state index contributed by atoms with van der Waals surface area (Å²) in [5, 5.41) is 12.5. The molecule has 2 rings (SSSR count). The highest BCUT2D eigenvalue weighted by atomic mass is 79.9. The number of rotatable bonds is 3. The van der Waals surface area contributed by atoms with Crippen LogP contribution in [0.3, 0.4) is 0 Å². The number of benzene rings is 1. The first-order valence-electron chi connectivity index (χ1n) is 4.39. The van der Waals surface area contributed by atoms with Crippen LogP contribution in [0, 0.1) is 0 Å². The van der Waals surface area contributed by atoms with Gasteiger partial charge in [0.05, 0.1) is 12.1 Å². The normalized spacial score (nSPS) is 18.3. The number of halogens is 1. The molecular formula is C10H12BrNO. The molecule has 0 aliphatic heterocycles. The van der Waals surface area contributed by atoms with Crippen LogP contribution in [-0.2, 0) is 0 Å². The zero-order valence-corrected chi connectivity index (χ0v) is 8.84. The SMILES string of the molecule is OCC1(Nc2cccc(Br)c2)CC1. The van der Waals surface area contributed by atoms with E-state index < -0.39 is 0 Å². The highest BCUT2D eigenvalue weighted by Crippen LogP contribution is 2.38. The van der Waals surface area contributed by atoms with Crippen LogP contribution in [0.2, 0.25) is 0 Å². The molecule has 13 heavy (non-hydrogen) atoms. The van der Waals surface area contributed by atoms with Crippen molar-refractivity contribution in [1.29, 1.82) is 0 Å². The van der Waals surface area contributed by atoms with Crippen molar-refractivity contribution in [3.63, 3.8) is 0 Å². The fraction of sp³-hybridized carbons (Fsp3) is 0.400. The summed E-state index contributed by atoms with van der Waals surface area (Å²) in [5.74, 6) is 0. The van der Waals surface area contributed by atoms with Gasteiger partial charge in [0.1, 0.15) is 0 Å². The molecule has 0 unspecified atom stereocenters. The summed E-state index contributed by atoms with van der Waals surface area (Å²) in [6.07, 6.45) is 2.13. The van der Waals surface area contributed by atoms with Crippen LogP contribution >= 0.6 is 15.9 Å². The Labute approximate surface area is 86.1 Å². The molecule has 0 atom stereocenters. The molecule has 1 aromatic rings. The van der Waals surface area contributed by atoms with Crippen LogP contribution in [0.5, 0.6) is 0 Å². The van der Waals surface area contributed by atoms with Gasteiger partial charge in [-0.1, -0.05) is 22.0 Å². The molecular weight excluding hydrogens is 230 g/mol. The first kappa shape index (κ1) is 9.03. The Kier molecular flexibility index (Phi) is 2.30. The predicted octanol–water partition coefficient (Wildman–Crippen LogP) is 2.39. The molecule has 0 radical (unpaired) electrons. The standard InChI is InChI=1S/C10H12BrNO/c11-8-2-1-3-9(6-8)12-10(7-13)4-5-10/h1-3,6,12-13H,4-5,7H2. The van der Waals surface area contributed by atoms with Gasteiger partial charge in [-0.3, -0.25) is 0 Å². The topological polar surface area (TPSA) is 32.3 Å². The summed E-state index contributed by atoms with van der Waals surface area (Å²) >= 11 is 3.41. The van der Waals surface area contributed by atoms with Gasteiger partial charge in [0.2, 0.25) is 0 Å². The second kappa shape index (κ2) is 3.31. The van der Waals surface area contributed by atoms with Gasteiger partial charge in [0.15, 0.2) is 0 Å². The Balaban J connectivity index is 2.09. The number of hydrogen-bond donors (Lipinski definition) is 2. The van der Waals surface area contributed by atoms with Gasteiger partial charge in [-0.15, -0.1) is 0 Å². The number of anilines is 1. The lowest BCUT2D eigenvalue weighted by Crippen LogP contribution is -2.25. The van der Waals surface area contributed by atoms with Crippen LogP contribution < -0.4 is 5.32 Å². The minimum Gasteiger partial charge on any atom is -0.394 e. The molecule has 0 aromatic heterocycles. The first-order valence-corrected chi connectivity index (χ1v) is 5.18. The lowest BCUT2D eigenvalue weighted by atomic mass is 10.2. The van der Waals surface area contributed by atoms with Crippen molar-refractivity contribution < 1.29 is 5.11 Å². The van der Waals surface area contributed by atoms with Crippen LogP contribution in [0.1, 0.15) is 12.8 Å². The summed E-state index contributed by atoms with van der Waals surface area (Å²) in [4.78, 5) is 0. The summed E-state index contributed by atoms with van der Waals surface area (Å²) in [6.45, 7) is 0.222. The molecule has 70 valence electrons. The maximum absolute atomic E-state index is 9.11. The molecule has 0 amide bonds. The Morgan fingerprint density at radius 2 is 2.23 bits per heavy atom. The minimum atomic E-state index is -0.0270. The van der Waals surface area contributed by atoms with Gasteiger partial charge < -0.3 is 10.4 Å². The van der Waals surface area contributed by atoms with Crippen molar-refractivity contribution in [3.8, 4) is 0 Å². The van der Waals surface area contributed by atoms with E-state index in [-0.39, 0.29) is 12.1 Å². The van der Waals surface area contributed by atoms with E-state index in [4.69, 9.17) is 5.11 Å². The molecule has 0 saturated heterocycles. The van der Waals surface area contributed by atoms with Gasteiger partial charge in [0, 0.05) is 10.2 Å². The van der Waals surface area contributed by atoms with Gasteiger partial charge in [-0.05, 0) is 31.0 Å². The molecule has 2 N–H and O–H groups in total. The fourth-order valence-corrected chi connectivity index (χ4v) is 1.75. The summed E-state index contributed by atoms with van der Waals surface area (Å²) in [6, 6.07) is 8.01. The second-order valence-electron chi connectivity index (χ2n) is 3.57. The van der Waals surface area contributed by atoms with Crippen molar-refractivity contribution in [2.75, 3.05) is 11.9 Å². The molecule has 0 bridgehead atoms. The number of aliphatic hydroxyl groups is 1. The number of hydrogen-bond acceptors (Lipinski definition) is 2. The fourth-order valence-electron chi connectivity index (χ4n) is 1.35. The molecule has 0 heterocycles. The Morgan fingerprint density at radius 1 is 1.46 bits per heavy atom. The van der Waals surface area contributed by atoms with Gasteiger partial charge in [-0.2, -0.15) is 0 Å². The van der Waals surface area contributed by atoms with Crippen molar-refractivity contribution in [2.24, 2.45) is 0 Å². The van der Waals surface area contributed by atoms with Crippen LogP contribution in [0.15, 0.2) is 28.7 Å². The van der Waals surface area contributed by atoms with E-state index in [1.54, 1.807) is 0 Å². The highest BCUT2D eigenvalue weighted by Gasteiger charge is 2.41. The maximum atomic E-state index is 9.11. The molecule has 1 aliphatic carbocycles. The molecule has 1 fully saturated rings. The zero-order valence-electron chi connectivity index (χ0n) is 7.26. The molecule has 1 aliphatic rings. The predicted molar refractivity (Wildman–Crippen MR) is 56.8 cm³/mol. The van der Waals surface area contributed by atoms with Crippen molar-refractivity contribution in [3.05, 3.63) is 28.7 Å².